The van der Waals surface area contributed by atoms with Gasteiger partial charge in [0.05, 0.1) is 20.4 Å². The SMILES string of the molecule is COc1cc(OC)cc(C(Nc2ccc(C=NN)cc2)C(=O)O)c1.Cl. The molecule has 0 fully saturated rings. The number of benzene rings is 2. The first kappa shape index (κ1) is 20.1. The van der Waals surface area contributed by atoms with Gasteiger partial charge in [-0.15, -0.1) is 12.4 Å². The van der Waals surface area contributed by atoms with E-state index in [2.05, 4.69) is 10.4 Å². The molecule has 2 aromatic carbocycles. The second kappa shape index (κ2) is 9.39. The third-order valence-electron chi connectivity index (χ3n) is 3.40. The number of nitrogens with one attached hydrogen (secondary N) is 1. The summed E-state index contributed by atoms with van der Waals surface area (Å²) in [4.78, 5) is 11.7. The number of carbonyl (C=O) groups is 1. The van der Waals surface area contributed by atoms with E-state index in [1.54, 1.807) is 42.5 Å². The van der Waals surface area contributed by atoms with Crippen LogP contribution in [0.3, 0.4) is 0 Å². The highest BCUT2D eigenvalue weighted by Gasteiger charge is 2.21. The van der Waals surface area contributed by atoms with Crippen LogP contribution in [0.1, 0.15) is 17.2 Å². The van der Waals surface area contributed by atoms with Gasteiger partial charge in [-0.3, -0.25) is 0 Å². The van der Waals surface area contributed by atoms with E-state index < -0.39 is 12.0 Å². The van der Waals surface area contributed by atoms with Crippen LogP contribution in [-0.4, -0.2) is 31.5 Å². The topological polar surface area (TPSA) is 106 Å². The van der Waals surface area contributed by atoms with Crippen molar-refractivity contribution in [2.75, 3.05) is 19.5 Å². The fourth-order valence-electron chi connectivity index (χ4n) is 2.20. The summed E-state index contributed by atoms with van der Waals surface area (Å²) >= 11 is 0. The Hall–Kier alpha value is -2.93. The fraction of sp³-hybridized carbons (Fsp3) is 0.176. The molecule has 134 valence electrons. The number of hydrazone groups is 1. The van der Waals surface area contributed by atoms with Gasteiger partial charge in [-0.05, 0) is 35.4 Å². The van der Waals surface area contributed by atoms with Gasteiger partial charge in [0.15, 0.2) is 6.04 Å². The summed E-state index contributed by atoms with van der Waals surface area (Å²) in [6.07, 6.45) is 1.51. The monoisotopic (exact) mass is 365 g/mol. The number of anilines is 1. The van der Waals surface area contributed by atoms with Crippen molar-refractivity contribution < 1.29 is 19.4 Å². The summed E-state index contributed by atoms with van der Waals surface area (Å²) in [5.41, 5.74) is 1.99. The number of nitrogens with two attached hydrogens (primary N) is 1. The Kier molecular flexibility index (Phi) is 7.55. The highest BCUT2D eigenvalue weighted by molar-refractivity contribution is 5.85. The molecule has 1 unspecified atom stereocenters. The molecule has 2 aromatic rings. The summed E-state index contributed by atoms with van der Waals surface area (Å²) in [6.45, 7) is 0. The number of carboxylic acid groups (broad SMARTS) is 1. The van der Waals surface area contributed by atoms with Gasteiger partial charge >= 0.3 is 5.97 Å². The van der Waals surface area contributed by atoms with Crippen molar-refractivity contribution >= 4 is 30.3 Å². The van der Waals surface area contributed by atoms with Crippen LogP contribution >= 0.6 is 12.4 Å². The number of carboxylic acids is 1. The predicted octanol–water partition coefficient (Wildman–Crippen LogP) is 2.66. The van der Waals surface area contributed by atoms with Crippen molar-refractivity contribution in [3.8, 4) is 11.5 Å². The molecule has 0 aliphatic rings. The smallest absolute Gasteiger partial charge is 0.330 e. The number of nitrogens with zero attached hydrogens (tertiary/aromatic N) is 1. The molecule has 4 N–H and O–H groups in total. The largest absolute Gasteiger partial charge is 0.497 e. The van der Waals surface area contributed by atoms with E-state index in [-0.39, 0.29) is 12.4 Å². The zero-order valence-electron chi connectivity index (χ0n) is 13.8. The van der Waals surface area contributed by atoms with Crippen molar-refractivity contribution in [1.29, 1.82) is 0 Å². The molecule has 0 aliphatic carbocycles. The number of aliphatic carboxylic acids is 1. The van der Waals surface area contributed by atoms with Crippen LogP contribution in [-0.2, 0) is 4.79 Å². The number of ether oxygens (including phenoxy) is 2. The lowest BCUT2D eigenvalue weighted by Crippen LogP contribution is -2.20. The Bertz CT molecular complexity index is 713. The minimum Gasteiger partial charge on any atom is -0.497 e. The molecule has 1 atom stereocenters. The van der Waals surface area contributed by atoms with Crippen LogP contribution in [0.5, 0.6) is 11.5 Å². The Balaban J connectivity index is 0.00000312. The standard InChI is InChI=1S/C17H19N3O4.ClH/c1-23-14-7-12(8-15(9-14)24-2)16(17(21)22)20-13-5-3-11(4-6-13)10-19-18;/h3-10,16,20H,18H2,1-2H3,(H,21,22);1H. The molecule has 0 bridgehead atoms. The van der Waals surface area contributed by atoms with E-state index in [4.69, 9.17) is 15.3 Å². The summed E-state index contributed by atoms with van der Waals surface area (Å²) < 4.78 is 10.4. The number of methoxy groups -OCH3 is 2. The molecule has 0 heterocycles. The first-order valence-corrected chi connectivity index (χ1v) is 7.13. The highest BCUT2D eigenvalue weighted by Crippen LogP contribution is 2.28. The minimum absolute atomic E-state index is 0. The normalized spacial score (nSPS) is 11.4. The van der Waals surface area contributed by atoms with Crippen molar-refractivity contribution in [1.82, 2.24) is 0 Å². The van der Waals surface area contributed by atoms with E-state index in [0.29, 0.717) is 22.7 Å². The summed E-state index contributed by atoms with van der Waals surface area (Å²) in [6, 6.07) is 11.1. The van der Waals surface area contributed by atoms with E-state index in [1.807, 2.05) is 0 Å². The lowest BCUT2D eigenvalue weighted by Gasteiger charge is -2.18. The van der Waals surface area contributed by atoms with Gasteiger partial charge in [-0.1, -0.05) is 12.1 Å². The number of halogens is 1. The quantitative estimate of drug-likeness (QED) is 0.395. The summed E-state index contributed by atoms with van der Waals surface area (Å²) in [5, 5.41) is 16.0. The van der Waals surface area contributed by atoms with Crippen LogP contribution in [0, 0.1) is 0 Å². The minimum atomic E-state index is -1.02. The molecule has 25 heavy (non-hydrogen) atoms. The Morgan fingerprint density at radius 1 is 1.16 bits per heavy atom. The van der Waals surface area contributed by atoms with Gasteiger partial charge in [0.1, 0.15) is 11.5 Å². The van der Waals surface area contributed by atoms with E-state index in [0.717, 1.165) is 5.56 Å². The van der Waals surface area contributed by atoms with Crippen LogP contribution in [0.4, 0.5) is 5.69 Å². The molecule has 0 amide bonds. The average molecular weight is 366 g/mol. The van der Waals surface area contributed by atoms with Gasteiger partial charge in [0.2, 0.25) is 0 Å². The molecule has 0 spiro atoms. The van der Waals surface area contributed by atoms with Gasteiger partial charge in [-0.25, -0.2) is 4.79 Å². The Morgan fingerprint density at radius 3 is 2.16 bits per heavy atom. The second-order valence-electron chi connectivity index (χ2n) is 4.96. The Morgan fingerprint density at radius 2 is 1.72 bits per heavy atom. The molecule has 0 saturated heterocycles. The molecule has 0 radical (unpaired) electrons. The first-order valence-electron chi connectivity index (χ1n) is 7.13. The maximum Gasteiger partial charge on any atom is 0.330 e. The number of rotatable bonds is 7. The van der Waals surface area contributed by atoms with E-state index >= 15 is 0 Å². The summed E-state index contributed by atoms with van der Waals surface area (Å²) in [7, 11) is 3.03. The molecular formula is C17H20ClN3O4. The fourth-order valence-corrected chi connectivity index (χ4v) is 2.20. The second-order valence-corrected chi connectivity index (χ2v) is 4.96. The van der Waals surface area contributed by atoms with Gasteiger partial charge in [-0.2, -0.15) is 5.10 Å². The van der Waals surface area contributed by atoms with Crippen molar-refractivity contribution in [2.24, 2.45) is 10.9 Å². The molecule has 7 nitrogen and oxygen atoms in total. The van der Waals surface area contributed by atoms with Crippen LogP contribution in [0.15, 0.2) is 47.6 Å². The zero-order chi connectivity index (χ0) is 17.5. The predicted molar refractivity (Wildman–Crippen MR) is 99.0 cm³/mol. The number of hydrogen-bond donors (Lipinski definition) is 3. The lowest BCUT2D eigenvalue weighted by molar-refractivity contribution is -0.138. The van der Waals surface area contributed by atoms with Crippen molar-refractivity contribution in [2.45, 2.75) is 6.04 Å². The maximum atomic E-state index is 11.7. The average Bonchev–Trinajstić information content (AvgIpc) is 2.60. The third kappa shape index (κ3) is 5.29. The van der Waals surface area contributed by atoms with Gasteiger partial charge in [0.25, 0.3) is 0 Å². The lowest BCUT2D eigenvalue weighted by atomic mass is 10.1. The third-order valence-corrected chi connectivity index (χ3v) is 3.40. The van der Waals surface area contributed by atoms with E-state index in [1.165, 1.54) is 20.4 Å². The molecular weight excluding hydrogens is 346 g/mol. The van der Waals surface area contributed by atoms with Gasteiger partial charge < -0.3 is 25.7 Å². The molecule has 0 saturated carbocycles. The zero-order valence-corrected chi connectivity index (χ0v) is 14.6. The molecule has 2 rings (SSSR count). The molecule has 0 aliphatic heterocycles. The van der Waals surface area contributed by atoms with Crippen molar-refractivity contribution in [3.63, 3.8) is 0 Å². The molecule has 0 aromatic heterocycles. The van der Waals surface area contributed by atoms with Gasteiger partial charge in [0, 0.05) is 11.8 Å². The first-order chi connectivity index (χ1) is 11.6. The van der Waals surface area contributed by atoms with Crippen LogP contribution in [0.25, 0.3) is 0 Å². The Labute approximate surface area is 151 Å². The molecule has 8 heteroatoms. The number of hydrogen-bond acceptors (Lipinski definition) is 6. The van der Waals surface area contributed by atoms with Crippen LogP contribution in [0.2, 0.25) is 0 Å². The maximum absolute atomic E-state index is 11.7. The van der Waals surface area contributed by atoms with E-state index in [9.17, 15) is 9.90 Å². The highest BCUT2D eigenvalue weighted by atomic mass is 35.5. The van der Waals surface area contributed by atoms with Crippen LogP contribution < -0.4 is 20.6 Å². The summed E-state index contributed by atoms with van der Waals surface area (Å²) in [5.74, 6) is 5.13. The van der Waals surface area contributed by atoms with Crippen molar-refractivity contribution in [3.05, 3.63) is 53.6 Å².